The van der Waals surface area contributed by atoms with E-state index in [1.807, 2.05) is 0 Å². The molecule has 0 aliphatic carbocycles. The smallest absolute Gasteiger partial charge is 0.360 e. The first kappa shape index (κ1) is 9.55. The highest BCUT2D eigenvalue weighted by Crippen LogP contribution is 1.83. The van der Waals surface area contributed by atoms with Gasteiger partial charge in [-0.3, -0.25) is 4.89 Å². The molecule has 0 aliphatic rings. The fourth-order valence-corrected chi connectivity index (χ4v) is 0.320. The van der Waals surface area contributed by atoms with Crippen molar-refractivity contribution >= 4 is 11.7 Å². The maximum absolute atomic E-state index is 10.7. The third-order valence-corrected chi connectivity index (χ3v) is 0.763. The first-order valence-electron chi connectivity index (χ1n) is 2.94. The van der Waals surface area contributed by atoms with Crippen molar-refractivity contribution in [1.82, 2.24) is 0 Å². The van der Waals surface area contributed by atoms with E-state index in [0.29, 0.717) is 0 Å². The van der Waals surface area contributed by atoms with Gasteiger partial charge in [0.1, 0.15) is 0 Å². The van der Waals surface area contributed by atoms with Gasteiger partial charge >= 0.3 is 11.7 Å². The van der Waals surface area contributed by atoms with E-state index in [2.05, 4.69) is 21.1 Å². The molecule has 0 aromatic carbocycles. The summed E-state index contributed by atoms with van der Waals surface area (Å²) >= 11 is 0. The average molecular weight is 156 g/mol. The SMILES string of the molecule is C=CC(=[N+]=[N-])C(=O)OOCC. The molecular weight excluding hydrogens is 148 g/mol. The highest BCUT2D eigenvalue weighted by Gasteiger charge is 2.18. The van der Waals surface area contributed by atoms with Crippen LogP contribution in [0.3, 0.4) is 0 Å². The molecule has 5 nitrogen and oxygen atoms in total. The van der Waals surface area contributed by atoms with Crippen molar-refractivity contribution in [3.05, 3.63) is 18.2 Å². The third-order valence-electron chi connectivity index (χ3n) is 0.763. The monoisotopic (exact) mass is 156 g/mol. The van der Waals surface area contributed by atoms with E-state index in [1.54, 1.807) is 6.92 Å². The topological polar surface area (TPSA) is 71.9 Å². The van der Waals surface area contributed by atoms with Crippen LogP contribution in [0.2, 0.25) is 0 Å². The lowest BCUT2D eigenvalue weighted by Crippen LogP contribution is -2.16. The Hall–Kier alpha value is -1.45. The van der Waals surface area contributed by atoms with Gasteiger partial charge in [-0.25, -0.2) is 4.79 Å². The summed E-state index contributed by atoms with van der Waals surface area (Å²) in [5, 5.41) is 0. The van der Waals surface area contributed by atoms with E-state index in [4.69, 9.17) is 5.53 Å². The molecule has 0 aliphatic heterocycles. The Morgan fingerprint density at radius 1 is 1.82 bits per heavy atom. The number of rotatable bonds is 4. The standard InChI is InChI=1S/C6H8N2O3/c1-3-5(8-7)6(9)11-10-4-2/h3H,1,4H2,2H3. The van der Waals surface area contributed by atoms with Crippen molar-refractivity contribution in [3.8, 4) is 0 Å². The Labute approximate surface area is 63.8 Å². The fourth-order valence-electron chi connectivity index (χ4n) is 0.320. The van der Waals surface area contributed by atoms with Crippen LogP contribution in [0, 0.1) is 0 Å². The van der Waals surface area contributed by atoms with Gasteiger partial charge in [0.2, 0.25) is 0 Å². The second-order valence-corrected chi connectivity index (χ2v) is 1.47. The molecule has 0 aromatic rings. The van der Waals surface area contributed by atoms with Crippen LogP contribution in [0.15, 0.2) is 12.7 Å². The summed E-state index contributed by atoms with van der Waals surface area (Å²) in [6.07, 6.45) is 1.06. The number of carbonyl (C=O) groups excluding carboxylic acids is 1. The fraction of sp³-hybridized carbons (Fsp3) is 0.333. The molecule has 0 saturated carbocycles. The van der Waals surface area contributed by atoms with E-state index in [9.17, 15) is 4.79 Å². The molecule has 0 unspecified atom stereocenters. The Balaban J connectivity index is 4.02. The average Bonchev–Trinajstić information content (AvgIpc) is 2.03. The van der Waals surface area contributed by atoms with Crippen molar-refractivity contribution in [3.63, 3.8) is 0 Å². The predicted molar refractivity (Wildman–Crippen MR) is 36.5 cm³/mol. The summed E-state index contributed by atoms with van der Waals surface area (Å²) in [4.78, 5) is 21.7. The van der Waals surface area contributed by atoms with Gasteiger partial charge in [-0.2, -0.15) is 9.68 Å². The van der Waals surface area contributed by atoms with E-state index in [-0.39, 0.29) is 12.3 Å². The largest absolute Gasteiger partial charge is 0.453 e. The van der Waals surface area contributed by atoms with Crippen molar-refractivity contribution in [2.45, 2.75) is 6.92 Å². The Morgan fingerprint density at radius 3 is 2.82 bits per heavy atom. The maximum atomic E-state index is 10.7. The zero-order chi connectivity index (χ0) is 8.69. The highest BCUT2D eigenvalue weighted by atomic mass is 17.2. The first-order chi connectivity index (χ1) is 5.26. The second-order valence-electron chi connectivity index (χ2n) is 1.47. The Kier molecular flexibility index (Phi) is 4.64. The summed E-state index contributed by atoms with van der Waals surface area (Å²) in [6, 6.07) is 0. The van der Waals surface area contributed by atoms with Crippen LogP contribution in [0.5, 0.6) is 0 Å². The molecule has 0 heterocycles. The zero-order valence-electron chi connectivity index (χ0n) is 6.11. The molecule has 0 radical (unpaired) electrons. The van der Waals surface area contributed by atoms with Crippen molar-refractivity contribution in [2.24, 2.45) is 0 Å². The normalized spacial score (nSPS) is 8.09. The summed E-state index contributed by atoms with van der Waals surface area (Å²) in [5.41, 5.74) is 7.86. The van der Waals surface area contributed by atoms with Crippen LogP contribution in [0.4, 0.5) is 0 Å². The minimum Gasteiger partial charge on any atom is -0.360 e. The molecule has 0 N–H and O–H groups in total. The summed E-state index contributed by atoms with van der Waals surface area (Å²) in [7, 11) is 0. The first-order valence-corrected chi connectivity index (χ1v) is 2.94. The highest BCUT2D eigenvalue weighted by molar-refractivity contribution is 6.38. The molecule has 0 rings (SSSR count). The van der Waals surface area contributed by atoms with Gasteiger partial charge in [0.15, 0.2) is 0 Å². The predicted octanol–water partition coefficient (Wildman–Crippen LogP) is 0.338. The Morgan fingerprint density at radius 2 is 2.45 bits per heavy atom. The van der Waals surface area contributed by atoms with Gasteiger partial charge in [0.05, 0.1) is 6.61 Å². The van der Waals surface area contributed by atoms with Gasteiger partial charge in [0, 0.05) is 6.08 Å². The molecule has 11 heavy (non-hydrogen) atoms. The molecular formula is C6H8N2O3. The number of carbonyl (C=O) groups is 1. The van der Waals surface area contributed by atoms with Gasteiger partial charge in [-0.15, -0.1) is 0 Å². The summed E-state index contributed by atoms with van der Waals surface area (Å²) < 4.78 is 0. The van der Waals surface area contributed by atoms with Crippen LogP contribution in [0.1, 0.15) is 6.92 Å². The molecule has 0 atom stereocenters. The summed E-state index contributed by atoms with van der Waals surface area (Å²) in [6.45, 7) is 5.10. The van der Waals surface area contributed by atoms with Crippen LogP contribution < -0.4 is 0 Å². The lowest BCUT2D eigenvalue weighted by Gasteiger charge is -1.93. The van der Waals surface area contributed by atoms with Gasteiger partial charge < -0.3 is 5.53 Å². The number of hydrogen-bond acceptors (Lipinski definition) is 3. The minimum absolute atomic E-state index is 0.238. The van der Waals surface area contributed by atoms with Gasteiger partial charge in [-0.1, -0.05) is 6.58 Å². The van der Waals surface area contributed by atoms with Crippen molar-refractivity contribution in [1.29, 1.82) is 0 Å². The number of hydrogen-bond donors (Lipinski definition) is 0. The molecule has 0 spiro atoms. The van der Waals surface area contributed by atoms with Crippen molar-refractivity contribution < 1.29 is 19.4 Å². The Bertz CT molecular complexity index is 206. The molecule has 0 aromatic heterocycles. The molecule has 0 fully saturated rings. The third kappa shape index (κ3) is 3.30. The van der Waals surface area contributed by atoms with Crippen LogP contribution in [-0.4, -0.2) is 23.1 Å². The summed E-state index contributed by atoms with van der Waals surface area (Å²) in [5.74, 6) is -0.871. The van der Waals surface area contributed by atoms with E-state index in [0.717, 1.165) is 6.08 Å². The van der Waals surface area contributed by atoms with Gasteiger partial charge in [0.25, 0.3) is 0 Å². The molecule has 0 saturated heterocycles. The zero-order valence-corrected chi connectivity index (χ0v) is 6.11. The van der Waals surface area contributed by atoms with Crippen LogP contribution >= 0.6 is 0 Å². The van der Waals surface area contributed by atoms with E-state index in [1.165, 1.54) is 0 Å². The lowest BCUT2D eigenvalue weighted by molar-refractivity contribution is -0.264. The molecule has 5 heteroatoms. The second kappa shape index (κ2) is 5.34. The van der Waals surface area contributed by atoms with E-state index >= 15 is 0 Å². The molecule has 60 valence electrons. The van der Waals surface area contributed by atoms with E-state index < -0.39 is 5.97 Å². The van der Waals surface area contributed by atoms with Crippen LogP contribution in [0.25, 0.3) is 5.53 Å². The van der Waals surface area contributed by atoms with Gasteiger partial charge in [-0.05, 0) is 6.92 Å². The molecule has 0 bridgehead atoms. The van der Waals surface area contributed by atoms with Crippen molar-refractivity contribution in [2.75, 3.05) is 6.61 Å². The molecule has 0 amide bonds. The quantitative estimate of drug-likeness (QED) is 0.194. The lowest BCUT2D eigenvalue weighted by atomic mass is 10.4. The maximum Gasteiger partial charge on any atom is 0.453 e. The van der Waals surface area contributed by atoms with Crippen LogP contribution in [-0.2, 0) is 14.6 Å². The number of nitrogens with zero attached hydrogens (tertiary/aromatic N) is 2. The minimum atomic E-state index is -0.871.